The molecule has 0 aromatic heterocycles. The second-order valence-electron chi connectivity index (χ2n) is 5.79. The van der Waals surface area contributed by atoms with Crippen LogP contribution in [0.4, 0.5) is 11.4 Å². The van der Waals surface area contributed by atoms with E-state index >= 15 is 0 Å². The predicted octanol–water partition coefficient (Wildman–Crippen LogP) is 3.19. The fraction of sp³-hybridized carbons (Fsp3) is 0.316. The molecule has 4 heteroatoms. The maximum absolute atomic E-state index is 12.7. The van der Waals surface area contributed by atoms with Crippen molar-refractivity contribution in [2.45, 2.75) is 32.8 Å². The number of hydrogen-bond donors (Lipinski definition) is 1. The van der Waals surface area contributed by atoms with Gasteiger partial charge in [-0.15, -0.1) is 0 Å². The van der Waals surface area contributed by atoms with Gasteiger partial charge < -0.3 is 15.4 Å². The van der Waals surface area contributed by atoms with Crippen molar-refractivity contribution in [2.75, 3.05) is 17.2 Å². The van der Waals surface area contributed by atoms with Gasteiger partial charge in [0, 0.05) is 24.7 Å². The molecule has 1 aliphatic heterocycles. The number of likely N-dealkylation sites (N-methyl/N-ethyl adjacent to an activating group) is 1. The van der Waals surface area contributed by atoms with E-state index in [1.165, 1.54) is 5.56 Å². The first-order valence-corrected chi connectivity index (χ1v) is 8.07. The van der Waals surface area contributed by atoms with Crippen LogP contribution in [0.15, 0.2) is 42.5 Å². The molecule has 1 unspecified atom stereocenters. The van der Waals surface area contributed by atoms with Crippen LogP contribution >= 0.6 is 0 Å². The molecular formula is C19H22N2O2. The average Bonchev–Trinajstić information content (AvgIpc) is 2.56. The number of fused-ring (bicyclic) bond motifs is 1. The van der Waals surface area contributed by atoms with Crippen molar-refractivity contribution in [3.63, 3.8) is 0 Å². The van der Waals surface area contributed by atoms with Gasteiger partial charge in [-0.3, -0.25) is 4.79 Å². The quantitative estimate of drug-likeness (QED) is 0.882. The van der Waals surface area contributed by atoms with Crippen molar-refractivity contribution in [3.8, 4) is 5.75 Å². The number of carbonyl (C=O) groups excluding carboxylic acids is 1. The molecule has 1 amide bonds. The van der Waals surface area contributed by atoms with Gasteiger partial charge in [-0.25, -0.2) is 0 Å². The third-order valence-corrected chi connectivity index (χ3v) is 4.25. The molecule has 0 saturated carbocycles. The lowest BCUT2D eigenvalue weighted by Gasteiger charge is -2.34. The zero-order valence-electron chi connectivity index (χ0n) is 13.6. The van der Waals surface area contributed by atoms with Crippen LogP contribution in [0.25, 0.3) is 0 Å². The molecule has 0 saturated heterocycles. The molecule has 2 N–H and O–H groups in total. The van der Waals surface area contributed by atoms with E-state index in [2.05, 4.69) is 31.2 Å². The molecule has 0 aliphatic carbocycles. The molecular weight excluding hydrogens is 288 g/mol. The second kappa shape index (κ2) is 6.32. The Labute approximate surface area is 136 Å². The van der Waals surface area contributed by atoms with E-state index in [9.17, 15) is 4.79 Å². The lowest BCUT2D eigenvalue weighted by Crippen LogP contribution is -2.46. The van der Waals surface area contributed by atoms with E-state index in [1.54, 1.807) is 17.0 Å². The van der Waals surface area contributed by atoms with E-state index in [1.807, 2.05) is 13.0 Å². The Hall–Kier alpha value is -2.49. The molecule has 23 heavy (non-hydrogen) atoms. The van der Waals surface area contributed by atoms with Crippen LogP contribution in [0.5, 0.6) is 5.75 Å². The lowest BCUT2D eigenvalue weighted by molar-refractivity contribution is -0.126. The Morgan fingerprint density at radius 3 is 2.43 bits per heavy atom. The molecule has 120 valence electrons. The average molecular weight is 310 g/mol. The summed E-state index contributed by atoms with van der Waals surface area (Å²) in [5.41, 5.74) is 9.68. The summed E-state index contributed by atoms with van der Waals surface area (Å²) in [7, 11) is 0. The zero-order valence-corrected chi connectivity index (χ0v) is 13.6. The van der Waals surface area contributed by atoms with Crippen molar-refractivity contribution < 1.29 is 9.53 Å². The molecule has 4 nitrogen and oxygen atoms in total. The maximum atomic E-state index is 12.7. The normalized spacial score (nSPS) is 16.9. The second-order valence-corrected chi connectivity index (χ2v) is 5.79. The van der Waals surface area contributed by atoms with Crippen LogP contribution in [-0.4, -0.2) is 18.6 Å². The number of nitrogens with zero attached hydrogens (tertiary/aromatic N) is 1. The van der Waals surface area contributed by atoms with E-state index in [0.717, 1.165) is 17.7 Å². The van der Waals surface area contributed by atoms with Crippen LogP contribution in [0.1, 0.15) is 25.0 Å². The first-order chi connectivity index (χ1) is 11.1. The van der Waals surface area contributed by atoms with Gasteiger partial charge in [0.25, 0.3) is 5.91 Å². The van der Waals surface area contributed by atoms with Crippen molar-refractivity contribution in [1.29, 1.82) is 0 Å². The number of nitrogens with two attached hydrogens (primary N) is 1. The van der Waals surface area contributed by atoms with E-state index in [0.29, 0.717) is 24.4 Å². The summed E-state index contributed by atoms with van der Waals surface area (Å²) in [6.07, 6.45) is 1.07. The molecule has 0 spiro atoms. The fourth-order valence-corrected chi connectivity index (χ4v) is 2.92. The maximum Gasteiger partial charge on any atom is 0.268 e. The van der Waals surface area contributed by atoms with Crippen LogP contribution in [-0.2, 0) is 17.6 Å². The first-order valence-electron chi connectivity index (χ1n) is 8.07. The number of hydrogen-bond acceptors (Lipinski definition) is 3. The number of ether oxygens (including phenoxy) is 1. The minimum absolute atomic E-state index is 0.00402. The molecule has 3 rings (SSSR count). The Bertz CT molecular complexity index is 710. The number of anilines is 2. The smallest absolute Gasteiger partial charge is 0.268 e. The molecule has 2 aromatic rings. The van der Waals surface area contributed by atoms with Gasteiger partial charge in [0.05, 0.1) is 5.69 Å². The standard InChI is InChI=1S/C19H22N2O2/c1-3-13-5-7-14(8-6-13)11-18-19(22)21(4-2)16-10-9-15(20)12-17(16)23-18/h5-10,12,18H,3-4,11,20H2,1-2H3. The molecule has 2 aromatic carbocycles. The number of nitrogen functional groups attached to an aromatic ring is 1. The minimum Gasteiger partial charge on any atom is -0.478 e. The summed E-state index contributed by atoms with van der Waals surface area (Å²) < 4.78 is 5.95. The zero-order chi connectivity index (χ0) is 16.4. The van der Waals surface area contributed by atoms with Gasteiger partial charge in [0.1, 0.15) is 5.75 Å². The summed E-state index contributed by atoms with van der Waals surface area (Å²) in [4.78, 5) is 14.5. The summed E-state index contributed by atoms with van der Waals surface area (Å²) in [6, 6.07) is 13.8. The van der Waals surface area contributed by atoms with Crippen LogP contribution in [0.3, 0.4) is 0 Å². The number of amides is 1. The van der Waals surface area contributed by atoms with Gasteiger partial charge >= 0.3 is 0 Å². The van der Waals surface area contributed by atoms with Gasteiger partial charge in [-0.1, -0.05) is 31.2 Å². The highest BCUT2D eigenvalue weighted by molar-refractivity contribution is 6.00. The van der Waals surface area contributed by atoms with Crippen molar-refractivity contribution in [1.82, 2.24) is 0 Å². The van der Waals surface area contributed by atoms with Gasteiger partial charge in [-0.05, 0) is 36.6 Å². The monoisotopic (exact) mass is 310 g/mol. The van der Waals surface area contributed by atoms with Gasteiger partial charge in [0.2, 0.25) is 0 Å². The topological polar surface area (TPSA) is 55.6 Å². The van der Waals surface area contributed by atoms with Crippen LogP contribution in [0, 0.1) is 0 Å². The van der Waals surface area contributed by atoms with Crippen LogP contribution in [0.2, 0.25) is 0 Å². The van der Waals surface area contributed by atoms with Crippen LogP contribution < -0.4 is 15.4 Å². The van der Waals surface area contributed by atoms with Gasteiger partial charge in [0.15, 0.2) is 6.10 Å². The number of benzene rings is 2. The highest BCUT2D eigenvalue weighted by Crippen LogP contribution is 2.36. The predicted molar refractivity (Wildman–Crippen MR) is 92.8 cm³/mol. The third kappa shape index (κ3) is 3.02. The summed E-state index contributed by atoms with van der Waals surface area (Å²) in [5, 5.41) is 0. The Morgan fingerprint density at radius 2 is 1.78 bits per heavy atom. The Balaban J connectivity index is 1.86. The van der Waals surface area contributed by atoms with Gasteiger partial charge in [-0.2, -0.15) is 0 Å². The highest BCUT2D eigenvalue weighted by atomic mass is 16.5. The van der Waals surface area contributed by atoms with E-state index in [4.69, 9.17) is 10.5 Å². The molecule has 1 atom stereocenters. The molecule has 0 radical (unpaired) electrons. The SMILES string of the molecule is CCc1ccc(CC2Oc3cc(N)ccc3N(CC)C2=O)cc1. The number of carbonyl (C=O) groups is 1. The largest absolute Gasteiger partial charge is 0.478 e. The van der Waals surface area contributed by atoms with E-state index in [-0.39, 0.29) is 5.91 Å². The third-order valence-electron chi connectivity index (χ3n) is 4.25. The van der Waals surface area contributed by atoms with Crippen molar-refractivity contribution in [3.05, 3.63) is 53.6 Å². The lowest BCUT2D eigenvalue weighted by atomic mass is 10.0. The molecule has 0 bridgehead atoms. The Kier molecular flexibility index (Phi) is 4.24. The van der Waals surface area contributed by atoms with Crippen molar-refractivity contribution >= 4 is 17.3 Å². The molecule has 1 heterocycles. The van der Waals surface area contributed by atoms with E-state index < -0.39 is 6.10 Å². The summed E-state index contributed by atoms with van der Waals surface area (Å²) in [5.74, 6) is 0.686. The minimum atomic E-state index is -0.503. The summed E-state index contributed by atoms with van der Waals surface area (Å²) in [6.45, 7) is 4.71. The molecule has 0 fully saturated rings. The fourth-order valence-electron chi connectivity index (χ4n) is 2.92. The molecule has 1 aliphatic rings. The highest BCUT2D eigenvalue weighted by Gasteiger charge is 2.33. The Morgan fingerprint density at radius 1 is 1.09 bits per heavy atom. The number of aryl methyl sites for hydroxylation is 1. The van der Waals surface area contributed by atoms with Crippen molar-refractivity contribution in [2.24, 2.45) is 0 Å². The first kappa shape index (κ1) is 15.4. The number of rotatable bonds is 4. The summed E-state index contributed by atoms with van der Waals surface area (Å²) >= 11 is 0.